The van der Waals surface area contributed by atoms with Crippen molar-refractivity contribution >= 4 is 17.2 Å². The van der Waals surface area contributed by atoms with Gasteiger partial charge in [0.1, 0.15) is 5.82 Å². The highest BCUT2D eigenvalue weighted by atomic mass is 32.1. The minimum absolute atomic E-state index is 0.0616. The van der Waals surface area contributed by atoms with Crippen molar-refractivity contribution < 1.29 is 14.3 Å². The Labute approximate surface area is 139 Å². The lowest BCUT2D eigenvalue weighted by Crippen LogP contribution is -2.30. The zero-order chi connectivity index (χ0) is 16.7. The largest absolute Gasteiger partial charge is 0.396 e. The van der Waals surface area contributed by atoms with Crippen molar-refractivity contribution in [3.8, 4) is 0 Å². The predicted octanol–water partition coefficient (Wildman–Crippen LogP) is 2.55. The van der Waals surface area contributed by atoms with Gasteiger partial charge < -0.3 is 10.4 Å². The van der Waals surface area contributed by atoms with Crippen molar-refractivity contribution in [1.82, 2.24) is 10.3 Å². The molecule has 23 heavy (non-hydrogen) atoms. The summed E-state index contributed by atoms with van der Waals surface area (Å²) in [7, 11) is 0. The highest BCUT2D eigenvalue weighted by Gasteiger charge is 2.09. The maximum atomic E-state index is 12.9. The monoisotopic (exact) mass is 336 g/mol. The number of amides is 1. The van der Waals surface area contributed by atoms with E-state index in [2.05, 4.69) is 10.3 Å². The summed E-state index contributed by atoms with van der Waals surface area (Å²) in [6.07, 6.45) is 1.57. The average Bonchev–Trinajstić information content (AvgIpc) is 2.95. The smallest absolute Gasteiger partial charge is 0.226 e. The van der Waals surface area contributed by atoms with Crippen LogP contribution in [0.3, 0.4) is 0 Å². The summed E-state index contributed by atoms with van der Waals surface area (Å²) in [5.74, 6) is -0.0532. The van der Waals surface area contributed by atoms with E-state index in [1.54, 1.807) is 12.1 Å². The van der Waals surface area contributed by atoms with E-state index in [1.807, 2.05) is 12.3 Å². The fraction of sp³-hybridized carbons (Fsp3) is 0.412. The number of nitrogens with zero attached hydrogens (tertiary/aromatic N) is 1. The molecule has 4 nitrogen and oxygen atoms in total. The number of rotatable bonds is 8. The Bertz CT molecular complexity index is 628. The SMILES string of the molecule is CC(CCO)CNC(=O)Cc1csc(Cc2ccc(F)cc2)n1. The third-order valence-electron chi connectivity index (χ3n) is 3.48. The topological polar surface area (TPSA) is 62.2 Å². The normalized spacial score (nSPS) is 12.1. The van der Waals surface area contributed by atoms with Crippen molar-refractivity contribution in [2.45, 2.75) is 26.2 Å². The second-order valence-electron chi connectivity index (χ2n) is 5.63. The van der Waals surface area contributed by atoms with Crippen LogP contribution in [0.2, 0.25) is 0 Å². The Hall–Kier alpha value is -1.79. The van der Waals surface area contributed by atoms with Gasteiger partial charge in [0, 0.05) is 25.0 Å². The molecule has 2 N–H and O–H groups in total. The van der Waals surface area contributed by atoms with Gasteiger partial charge in [0.2, 0.25) is 5.91 Å². The van der Waals surface area contributed by atoms with E-state index in [4.69, 9.17) is 5.11 Å². The molecule has 1 heterocycles. The van der Waals surface area contributed by atoms with Crippen LogP contribution in [0.25, 0.3) is 0 Å². The molecule has 1 atom stereocenters. The van der Waals surface area contributed by atoms with Crippen LogP contribution >= 0.6 is 11.3 Å². The third-order valence-corrected chi connectivity index (χ3v) is 4.38. The lowest BCUT2D eigenvalue weighted by molar-refractivity contribution is -0.120. The summed E-state index contributed by atoms with van der Waals surface area (Å²) in [5.41, 5.74) is 1.74. The van der Waals surface area contributed by atoms with Crippen LogP contribution in [-0.4, -0.2) is 29.1 Å². The van der Waals surface area contributed by atoms with Gasteiger partial charge in [0.25, 0.3) is 0 Å². The Morgan fingerprint density at radius 1 is 1.39 bits per heavy atom. The first-order chi connectivity index (χ1) is 11.1. The van der Waals surface area contributed by atoms with E-state index in [0.29, 0.717) is 19.4 Å². The molecule has 0 saturated heterocycles. The van der Waals surface area contributed by atoms with E-state index in [1.165, 1.54) is 23.5 Å². The number of aromatic nitrogens is 1. The number of thiazole rings is 1. The first-order valence-electron chi connectivity index (χ1n) is 7.62. The molecule has 2 rings (SSSR count). The third kappa shape index (κ3) is 6.08. The van der Waals surface area contributed by atoms with Gasteiger partial charge in [-0.05, 0) is 30.0 Å². The average molecular weight is 336 g/mol. The van der Waals surface area contributed by atoms with Crippen molar-refractivity contribution in [2.75, 3.05) is 13.2 Å². The van der Waals surface area contributed by atoms with Crippen molar-refractivity contribution in [1.29, 1.82) is 0 Å². The molecule has 0 aliphatic carbocycles. The number of hydrogen-bond donors (Lipinski definition) is 2. The number of benzene rings is 1. The Morgan fingerprint density at radius 3 is 2.83 bits per heavy atom. The van der Waals surface area contributed by atoms with Gasteiger partial charge in [-0.25, -0.2) is 9.37 Å². The number of aliphatic hydroxyl groups excluding tert-OH is 1. The molecule has 0 radical (unpaired) electrons. The first kappa shape index (κ1) is 17.6. The molecule has 0 spiro atoms. The van der Waals surface area contributed by atoms with Crippen LogP contribution < -0.4 is 5.32 Å². The quantitative estimate of drug-likeness (QED) is 0.779. The molecule has 0 fully saturated rings. The summed E-state index contributed by atoms with van der Waals surface area (Å²) < 4.78 is 12.9. The van der Waals surface area contributed by atoms with Gasteiger partial charge in [-0.2, -0.15) is 0 Å². The van der Waals surface area contributed by atoms with Crippen molar-refractivity contribution in [3.63, 3.8) is 0 Å². The maximum Gasteiger partial charge on any atom is 0.226 e. The predicted molar refractivity (Wildman–Crippen MR) is 88.9 cm³/mol. The van der Waals surface area contributed by atoms with Crippen LogP contribution in [-0.2, 0) is 17.6 Å². The number of nitrogens with one attached hydrogen (secondary N) is 1. The first-order valence-corrected chi connectivity index (χ1v) is 8.50. The van der Waals surface area contributed by atoms with E-state index in [9.17, 15) is 9.18 Å². The van der Waals surface area contributed by atoms with Crippen LogP contribution in [0.15, 0.2) is 29.6 Å². The number of hydrogen-bond acceptors (Lipinski definition) is 4. The second kappa shape index (κ2) is 8.74. The molecule has 0 aliphatic rings. The van der Waals surface area contributed by atoms with Crippen LogP contribution in [0.4, 0.5) is 4.39 Å². The highest BCUT2D eigenvalue weighted by Crippen LogP contribution is 2.15. The van der Waals surface area contributed by atoms with E-state index in [0.717, 1.165) is 16.3 Å². The number of carbonyl (C=O) groups excluding carboxylic acids is 1. The van der Waals surface area contributed by atoms with E-state index < -0.39 is 0 Å². The van der Waals surface area contributed by atoms with E-state index >= 15 is 0 Å². The standard InChI is InChI=1S/C17H21FN2O2S/c1-12(6-7-21)10-19-16(22)9-15-11-23-17(20-15)8-13-2-4-14(18)5-3-13/h2-5,11-12,21H,6-10H2,1H3,(H,19,22). The number of halogens is 1. The van der Waals surface area contributed by atoms with Crippen molar-refractivity contribution in [3.05, 3.63) is 51.7 Å². The van der Waals surface area contributed by atoms with Crippen LogP contribution in [0, 0.1) is 11.7 Å². The van der Waals surface area contributed by atoms with Crippen molar-refractivity contribution in [2.24, 2.45) is 5.92 Å². The number of aliphatic hydroxyl groups is 1. The Balaban J connectivity index is 1.82. The van der Waals surface area contributed by atoms with Gasteiger partial charge in [-0.3, -0.25) is 4.79 Å². The highest BCUT2D eigenvalue weighted by molar-refractivity contribution is 7.09. The lowest BCUT2D eigenvalue weighted by Gasteiger charge is -2.10. The summed E-state index contributed by atoms with van der Waals surface area (Å²) in [6, 6.07) is 6.35. The summed E-state index contributed by atoms with van der Waals surface area (Å²) in [4.78, 5) is 16.3. The minimum atomic E-state index is -0.249. The Morgan fingerprint density at radius 2 is 2.13 bits per heavy atom. The van der Waals surface area contributed by atoms with E-state index in [-0.39, 0.29) is 30.7 Å². The minimum Gasteiger partial charge on any atom is -0.396 e. The fourth-order valence-corrected chi connectivity index (χ4v) is 2.95. The molecule has 6 heteroatoms. The van der Waals surface area contributed by atoms with Crippen LogP contribution in [0.1, 0.15) is 29.6 Å². The van der Waals surface area contributed by atoms with Gasteiger partial charge in [-0.15, -0.1) is 11.3 Å². The molecule has 1 amide bonds. The summed E-state index contributed by atoms with van der Waals surface area (Å²) in [5, 5.41) is 14.5. The summed E-state index contributed by atoms with van der Waals surface area (Å²) >= 11 is 1.51. The summed E-state index contributed by atoms with van der Waals surface area (Å²) in [6.45, 7) is 2.68. The molecule has 2 aromatic rings. The molecule has 0 saturated carbocycles. The van der Waals surface area contributed by atoms with Gasteiger partial charge in [0.15, 0.2) is 0 Å². The zero-order valence-corrected chi connectivity index (χ0v) is 13.9. The Kier molecular flexibility index (Phi) is 6.67. The second-order valence-corrected chi connectivity index (χ2v) is 6.58. The van der Waals surface area contributed by atoms with Gasteiger partial charge >= 0.3 is 0 Å². The van der Waals surface area contributed by atoms with Crippen LogP contribution in [0.5, 0.6) is 0 Å². The van der Waals surface area contributed by atoms with Gasteiger partial charge in [-0.1, -0.05) is 19.1 Å². The number of carbonyl (C=O) groups is 1. The zero-order valence-electron chi connectivity index (χ0n) is 13.1. The molecule has 124 valence electrons. The molecular formula is C17H21FN2O2S. The maximum absolute atomic E-state index is 12.9. The lowest BCUT2D eigenvalue weighted by atomic mass is 10.1. The molecular weight excluding hydrogens is 315 g/mol. The molecule has 1 unspecified atom stereocenters. The van der Waals surface area contributed by atoms with Gasteiger partial charge in [0.05, 0.1) is 17.1 Å². The fourth-order valence-electron chi connectivity index (χ4n) is 2.13. The molecule has 0 bridgehead atoms. The molecule has 1 aromatic carbocycles. The molecule has 0 aliphatic heterocycles. The molecule has 1 aromatic heterocycles.